The van der Waals surface area contributed by atoms with Crippen LogP contribution in [-0.2, 0) is 27.3 Å². The van der Waals surface area contributed by atoms with E-state index in [0.29, 0.717) is 22.3 Å². The van der Waals surface area contributed by atoms with E-state index in [-0.39, 0.29) is 55.3 Å². The van der Waals surface area contributed by atoms with Gasteiger partial charge in [-0.2, -0.15) is 5.26 Å². The highest BCUT2D eigenvalue weighted by molar-refractivity contribution is 6.42. The van der Waals surface area contributed by atoms with E-state index in [2.05, 4.69) is 16.0 Å². The van der Waals surface area contributed by atoms with Crippen LogP contribution in [0.25, 0.3) is 0 Å². The summed E-state index contributed by atoms with van der Waals surface area (Å²) in [6, 6.07) is 15.4. The van der Waals surface area contributed by atoms with Crippen LogP contribution in [0.5, 0.6) is 0 Å². The molecule has 3 aromatic rings. The molecule has 4 amide bonds. The molecule has 0 bridgehead atoms. The average Bonchev–Trinajstić information content (AvgIpc) is 3.05. The van der Waals surface area contributed by atoms with Gasteiger partial charge in [-0.25, -0.2) is 9.18 Å². The largest absolute Gasteiger partial charge is 0.465 e. The molecule has 0 radical (unpaired) electrons. The van der Waals surface area contributed by atoms with Gasteiger partial charge in [0.05, 0.1) is 27.4 Å². The number of hydrogen-bond donors (Lipinski definition) is 4. The number of fused-ring (bicyclic) bond motifs is 1. The molecular weight excluding hydrogens is 640 g/mol. The average molecular weight is 669 g/mol. The topological polar surface area (TPSA) is 169 Å². The second kappa shape index (κ2) is 15.3. The second-order valence-corrected chi connectivity index (χ2v) is 11.2. The van der Waals surface area contributed by atoms with Crippen molar-refractivity contribution in [1.29, 1.82) is 5.26 Å². The molecule has 1 heterocycles. The smallest absolute Gasteiger partial charge is 0.404 e. The molecule has 1 aliphatic rings. The minimum atomic E-state index is -1.37. The summed E-state index contributed by atoms with van der Waals surface area (Å²) in [5.74, 6) is -3.36. The Morgan fingerprint density at radius 3 is 2.46 bits per heavy atom. The van der Waals surface area contributed by atoms with Crippen LogP contribution in [0.3, 0.4) is 0 Å². The number of carboxylic acid groups (broad SMARTS) is 1. The predicted octanol–water partition coefficient (Wildman–Crippen LogP) is 4.70. The molecule has 11 nitrogen and oxygen atoms in total. The molecule has 3 aromatic carbocycles. The van der Waals surface area contributed by atoms with Gasteiger partial charge in [0.2, 0.25) is 17.7 Å². The molecule has 0 spiro atoms. The van der Waals surface area contributed by atoms with Crippen molar-refractivity contribution in [3.05, 3.63) is 98.8 Å². The minimum Gasteiger partial charge on any atom is -0.465 e. The third kappa shape index (κ3) is 8.38. The zero-order valence-corrected chi connectivity index (χ0v) is 25.7. The van der Waals surface area contributed by atoms with E-state index in [4.69, 9.17) is 28.3 Å². The van der Waals surface area contributed by atoms with Crippen molar-refractivity contribution in [2.45, 2.75) is 44.3 Å². The highest BCUT2D eigenvalue weighted by Crippen LogP contribution is 2.30. The number of benzene rings is 3. The first-order valence-corrected chi connectivity index (χ1v) is 14.8. The number of Topliss-reactive ketones (excluding diaryl/α,β-unsaturated/α-hetero) is 1. The molecule has 0 fully saturated rings. The maximum absolute atomic E-state index is 14.7. The Morgan fingerprint density at radius 2 is 1.76 bits per heavy atom. The van der Waals surface area contributed by atoms with Gasteiger partial charge in [0.25, 0.3) is 0 Å². The van der Waals surface area contributed by atoms with Crippen LogP contribution in [0.4, 0.5) is 14.9 Å². The summed E-state index contributed by atoms with van der Waals surface area (Å²) in [7, 11) is 0. The van der Waals surface area contributed by atoms with Crippen molar-refractivity contribution >= 4 is 58.5 Å². The van der Waals surface area contributed by atoms with Gasteiger partial charge in [-0.1, -0.05) is 59.6 Å². The predicted molar refractivity (Wildman–Crippen MR) is 167 cm³/mol. The molecule has 4 rings (SSSR count). The third-order valence-electron chi connectivity index (χ3n) is 7.39. The summed E-state index contributed by atoms with van der Waals surface area (Å²) in [4.78, 5) is 65.6. The van der Waals surface area contributed by atoms with Crippen LogP contribution in [-0.4, -0.2) is 58.2 Å². The monoisotopic (exact) mass is 667 g/mol. The highest BCUT2D eigenvalue weighted by atomic mass is 35.5. The van der Waals surface area contributed by atoms with Crippen LogP contribution in [0, 0.1) is 17.1 Å². The lowest BCUT2D eigenvalue weighted by Crippen LogP contribution is -2.56. The van der Waals surface area contributed by atoms with E-state index in [1.165, 1.54) is 17.0 Å². The van der Waals surface area contributed by atoms with E-state index in [9.17, 15) is 33.6 Å². The van der Waals surface area contributed by atoms with E-state index >= 15 is 0 Å². The number of nitrogens with one attached hydrogen (secondary N) is 3. The van der Waals surface area contributed by atoms with Crippen molar-refractivity contribution < 1.29 is 33.5 Å². The van der Waals surface area contributed by atoms with Crippen LogP contribution in [0.1, 0.15) is 46.3 Å². The van der Waals surface area contributed by atoms with Crippen LogP contribution < -0.4 is 16.0 Å². The zero-order valence-electron chi connectivity index (χ0n) is 24.2. The number of anilines is 1. The molecule has 238 valence electrons. The van der Waals surface area contributed by atoms with E-state index in [1.807, 2.05) is 6.07 Å². The van der Waals surface area contributed by atoms with E-state index in [0.717, 1.165) is 0 Å². The van der Waals surface area contributed by atoms with Crippen molar-refractivity contribution in [2.24, 2.45) is 0 Å². The maximum atomic E-state index is 14.7. The number of ketones is 1. The Morgan fingerprint density at radius 1 is 1.02 bits per heavy atom. The Kier molecular flexibility index (Phi) is 11.3. The zero-order chi connectivity index (χ0) is 33.4. The summed E-state index contributed by atoms with van der Waals surface area (Å²) in [5.41, 5.74) is 1.85. The Labute approximate surface area is 273 Å². The van der Waals surface area contributed by atoms with Crippen molar-refractivity contribution in [3.63, 3.8) is 0 Å². The first-order valence-electron chi connectivity index (χ1n) is 14.1. The molecule has 46 heavy (non-hydrogen) atoms. The van der Waals surface area contributed by atoms with Gasteiger partial charge < -0.3 is 26.0 Å². The number of nitriles is 1. The molecule has 4 N–H and O–H groups in total. The van der Waals surface area contributed by atoms with Crippen LogP contribution in [0.2, 0.25) is 10.0 Å². The summed E-state index contributed by atoms with van der Waals surface area (Å²) in [6.45, 7) is -0.278. The molecule has 0 saturated heterocycles. The molecule has 14 heteroatoms. The number of carbonyl (C=O) groups is 5. The molecule has 0 saturated carbocycles. The third-order valence-corrected chi connectivity index (χ3v) is 8.17. The number of halogens is 3. The van der Waals surface area contributed by atoms with Gasteiger partial charge in [0, 0.05) is 37.9 Å². The minimum absolute atomic E-state index is 0.0345. The standard InChI is InChI=1S/C32H28Cl2FN5O6/c33-22-8-9-23(29(35)28(22)34)38-30(43)24(12-13-37-32(45)46)39-31(44)25-15-20-7-6-18(16-36)14-21(20)17-40(25)27(42)11-10-26(41)19-4-2-1-3-5-19/h1-9,14,24-25,37H,10-13,15,17H2,(H,38,43)(H,39,44)(H,45,46)/t24?,25-/m0/s1. The van der Waals surface area contributed by atoms with Crippen LogP contribution >= 0.6 is 23.2 Å². The first-order chi connectivity index (χ1) is 22.0. The lowest BCUT2D eigenvalue weighted by atomic mass is 9.91. The SMILES string of the molecule is N#Cc1ccc2c(c1)CN(C(=O)CCC(=O)c1ccccc1)[C@H](C(=O)NC(CCNC(=O)O)C(=O)Nc1ccc(Cl)c(Cl)c1F)C2. The molecule has 0 aliphatic carbocycles. The van der Waals surface area contributed by atoms with Gasteiger partial charge >= 0.3 is 6.09 Å². The summed E-state index contributed by atoms with van der Waals surface area (Å²) < 4.78 is 14.7. The maximum Gasteiger partial charge on any atom is 0.404 e. The molecule has 2 atom stereocenters. The summed E-state index contributed by atoms with van der Waals surface area (Å²) in [6.07, 6.45) is -1.85. The van der Waals surface area contributed by atoms with Crippen LogP contribution in [0.15, 0.2) is 60.7 Å². The number of carbonyl (C=O) groups excluding carboxylic acids is 4. The molecule has 0 aromatic heterocycles. The van der Waals surface area contributed by atoms with Gasteiger partial charge in [0.15, 0.2) is 11.6 Å². The molecule has 1 aliphatic heterocycles. The summed E-state index contributed by atoms with van der Waals surface area (Å²) >= 11 is 11.7. The highest BCUT2D eigenvalue weighted by Gasteiger charge is 2.36. The lowest BCUT2D eigenvalue weighted by Gasteiger charge is -2.37. The lowest BCUT2D eigenvalue weighted by molar-refractivity contribution is -0.142. The number of rotatable bonds is 11. The molecular formula is C32H28Cl2FN5O6. The van der Waals surface area contributed by atoms with Crippen molar-refractivity contribution in [3.8, 4) is 6.07 Å². The number of amides is 4. The van der Waals surface area contributed by atoms with Gasteiger partial charge in [-0.05, 0) is 41.8 Å². The number of hydrogen-bond acceptors (Lipinski definition) is 6. The van der Waals surface area contributed by atoms with E-state index < -0.39 is 46.7 Å². The fourth-order valence-corrected chi connectivity index (χ4v) is 5.30. The number of nitrogens with zero attached hydrogens (tertiary/aromatic N) is 2. The quantitative estimate of drug-likeness (QED) is 0.170. The van der Waals surface area contributed by atoms with E-state index in [1.54, 1.807) is 48.5 Å². The molecule has 1 unspecified atom stereocenters. The normalized spacial score (nSPS) is 14.3. The van der Waals surface area contributed by atoms with Crippen molar-refractivity contribution in [1.82, 2.24) is 15.5 Å². The van der Waals surface area contributed by atoms with Crippen molar-refractivity contribution in [2.75, 3.05) is 11.9 Å². The van der Waals surface area contributed by atoms with Gasteiger partial charge in [-0.15, -0.1) is 0 Å². The van der Waals surface area contributed by atoms with Gasteiger partial charge in [-0.3, -0.25) is 19.2 Å². The summed E-state index contributed by atoms with van der Waals surface area (Å²) in [5, 5.41) is 24.9. The second-order valence-electron chi connectivity index (χ2n) is 10.4. The Bertz CT molecular complexity index is 1710. The Hall–Kier alpha value is -4.99. The fourth-order valence-electron chi connectivity index (χ4n) is 4.99. The van der Waals surface area contributed by atoms with Gasteiger partial charge in [0.1, 0.15) is 12.1 Å². The fraction of sp³-hybridized carbons (Fsp3) is 0.250. The Balaban J connectivity index is 1.57. The first kappa shape index (κ1) is 33.9.